The van der Waals surface area contributed by atoms with Crippen LogP contribution in [-0.4, -0.2) is 39.1 Å². The highest BCUT2D eigenvalue weighted by Crippen LogP contribution is 2.76. The van der Waals surface area contributed by atoms with E-state index in [4.69, 9.17) is 14.3 Å². The molecule has 2 aromatic rings. The molecule has 0 saturated heterocycles. The van der Waals surface area contributed by atoms with Gasteiger partial charge in [-0.15, -0.1) is 10.2 Å². The van der Waals surface area contributed by atoms with Crippen molar-refractivity contribution >= 4 is 17.7 Å². The van der Waals surface area contributed by atoms with Crippen molar-refractivity contribution in [1.82, 2.24) is 10.2 Å². The van der Waals surface area contributed by atoms with Gasteiger partial charge in [0.15, 0.2) is 5.78 Å². The Morgan fingerprint density at radius 3 is 2.30 bits per heavy atom. The lowest BCUT2D eigenvalue weighted by atomic mass is 9.33. The third-order valence-electron chi connectivity index (χ3n) is 16.2. The van der Waals surface area contributed by atoms with Crippen molar-refractivity contribution in [1.29, 1.82) is 0 Å². The number of nitrogens with zero attached hydrogens (tertiary/aromatic N) is 2. The Kier molecular flexibility index (Phi) is 9.25. The minimum atomic E-state index is -1.16. The van der Waals surface area contributed by atoms with Gasteiger partial charge in [0.25, 0.3) is 0 Å². The van der Waals surface area contributed by atoms with Gasteiger partial charge in [0, 0.05) is 18.3 Å². The first-order valence-corrected chi connectivity index (χ1v) is 20.4. The second-order valence-electron chi connectivity index (χ2n) is 20.0. The van der Waals surface area contributed by atoms with Crippen LogP contribution in [0.5, 0.6) is 0 Å². The van der Waals surface area contributed by atoms with Crippen LogP contribution in [-0.2, 0) is 37.4 Å². The summed E-state index contributed by atoms with van der Waals surface area (Å²) in [6, 6.07) is 10.4. The maximum absolute atomic E-state index is 14.1. The Morgan fingerprint density at radius 2 is 1.62 bits per heavy atom. The van der Waals surface area contributed by atoms with Crippen molar-refractivity contribution in [3.63, 3.8) is 0 Å². The molecular weight excluding hydrogens is 665 g/mol. The van der Waals surface area contributed by atoms with E-state index in [1.807, 2.05) is 6.07 Å². The monoisotopic (exact) mass is 726 g/mol. The number of ether oxygens (including phenoxy) is 1. The summed E-state index contributed by atoms with van der Waals surface area (Å²) in [5.41, 5.74) is 1.78. The molecule has 0 aliphatic heterocycles. The fraction of sp³-hybridized carbons (Fsp3) is 0.711. The third-order valence-corrected chi connectivity index (χ3v) is 16.2. The number of fused-ring (bicyclic) bond motifs is 7. The van der Waals surface area contributed by atoms with Gasteiger partial charge in [0.1, 0.15) is 6.10 Å². The van der Waals surface area contributed by atoms with Gasteiger partial charge in [0.2, 0.25) is 11.8 Å². The molecule has 4 saturated carbocycles. The Bertz CT molecular complexity index is 1810. The number of aromatic nitrogens is 2. The number of carboxylic acid groups (broad SMARTS) is 1. The number of aliphatic carboxylic acids is 1. The lowest BCUT2D eigenvalue weighted by Gasteiger charge is -2.72. The van der Waals surface area contributed by atoms with Crippen LogP contribution in [0, 0.1) is 50.7 Å². The van der Waals surface area contributed by atoms with Crippen molar-refractivity contribution in [2.75, 3.05) is 0 Å². The molecule has 1 aromatic carbocycles. The summed E-state index contributed by atoms with van der Waals surface area (Å²) in [6.45, 7) is 19.7. The lowest BCUT2D eigenvalue weighted by molar-refractivity contribution is -0.232. The molecule has 0 spiro atoms. The maximum Gasteiger partial charge on any atom is 0.309 e. The van der Waals surface area contributed by atoms with E-state index in [0.29, 0.717) is 36.5 Å². The van der Waals surface area contributed by atoms with Gasteiger partial charge in [-0.25, -0.2) is 0 Å². The molecule has 7 rings (SSSR count). The number of esters is 1. The van der Waals surface area contributed by atoms with Crippen LogP contribution < -0.4 is 0 Å². The van der Waals surface area contributed by atoms with Crippen molar-refractivity contribution in [3.8, 4) is 0 Å². The van der Waals surface area contributed by atoms with E-state index < -0.39 is 22.8 Å². The molecule has 1 N–H and O–H groups in total. The predicted octanol–water partition coefficient (Wildman–Crippen LogP) is 9.50. The quantitative estimate of drug-likeness (QED) is 0.254. The van der Waals surface area contributed by atoms with Crippen molar-refractivity contribution < 1.29 is 28.6 Å². The number of carbonyl (C=O) groups is 3. The van der Waals surface area contributed by atoms with Gasteiger partial charge in [-0.2, -0.15) is 0 Å². The highest BCUT2D eigenvalue weighted by Gasteiger charge is 2.71. The van der Waals surface area contributed by atoms with E-state index >= 15 is 0 Å². The first-order chi connectivity index (χ1) is 24.8. The molecule has 1 heterocycles. The fourth-order valence-corrected chi connectivity index (χ4v) is 13.1. The minimum absolute atomic E-state index is 0.000473. The van der Waals surface area contributed by atoms with Crippen LogP contribution in [0.3, 0.4) is 0 Å². The first-order valence-electron chi connectivity index (χ1n) is 20.4. The smallest absolute Gasteiger partial charge is 0.309 e. The zero-order chi connectivity index (χ0) is 38.4. The van der Waals surface area contributed by atoms with E-state index in [1.165, 1.54) is 11.1 Å². The second-order valence-corrected chi connectivity index (χ2v) is 20.0. The summed E-state index contributed by atoms with van der Waals surface area (Å²) in [7, 11) is 0. The average molecular weight is 727 g/mol. The average Bonchev–Trinajstić information content (AvgIpc) is 3.68. The summed E-state index contributed by atoms with van der Waals surface area (Å²) < 4.78 is 12.8. The van der Waals surface area contributed by atoms with Gasteiger partial charge in [-0.05, 0) is 128 Å². The molecular formula is C45H62N2O6. The molecule has 0 amide bonds. The SMILES string of the molecule is CC(C)C1=C2[C@H]3CC[C@@H]4[C@@]5(C)CC[C@H](OC(=O)CC(C)(C)C(=O)O)C(C)(C)[C@@H]5CC[C@@]4(C)[C@]3(C)CC[C@@]2(c2nnc(CCc3ccccc3)o2)CC1=O. The number of carbonyl (C=O) groups excluding carboxylic acids is 2. The Labute approximate surface area is 316 Å². The molecule has 8 heteroatoms. The van der Waals surface area contributed by atoms with E-state index in [0.717, 1.165) is 63.4 Å². The Balaban J connectivity index is 1.17. The molecule has 0 unspecified atom stereocenters. The van der Waals surface area contributed by atoms with Gasteiger partial charge in [-0.3, -0.25) is 14.4 Å². The highest BCUT2D eigenvalue weighted by molar-refractivity contribution is 6.01. The number of aryl methyl sites for hydroxylation is 2. The van der Waals surface area contributed by atoms with Crippen molar-refractivity contribution in [2.45, 2.75) is 151 Å². The number of Topliss-reactive ketones (excluding diaryl/α,β-unsaturated/α-hetero) is 1. The fourth-order valence-electron chi connectivity index (χ4n) is 13.1. The van der Waals surface area contributed by atoms with Gasteiger partial charge < -0.3 is 14.3 Å². The van der Waals surface area contributed by atoms with Crippen LogP contribution in [0.15, 0.2) is 45.9 Å². The zero-order valence-electron chi connectivity index (χ0n) is 33.6. The molecule has 5 aliphatic rings. The molecule has 5 aliphatic carbocycles. The van der Waals surface area contributed by atoms with Gasteiger partial charge >= 0.3 is 11.9 Å². The predicted molar refractivity (Wildman–Crippen MR) is 203 cm³/mol. The summed E-state index contributed by atoms with van der Waals surface area (Å²) in [4.78, 5) is 39.0. The molecule has 288 valence electrons. The normalized spacial score (nSPS) is 36.4. The third kappa shape index (κ3) is 5.77. The topological polar surface area (TPSA) is 120 Å². The van der Waals surface area contributed by atoms with Gasteiger partial charge in [0.05, 0.1) is 17.3 Å². The number of hydrogen-bond donors (Lipinski definition) is 1. The Hall–Kier alpha value is -3.29. The molecule has 0 radical (unpaired) electrons. The number of allylic oxidation sites excluding steroid dienone is 2. The molecule has 8 atom stereocenters. The summed E-state index contributed by atoms with van der Waals surface area (Å²) in [5, 5.41) is 18.9. The van der Waals surface area contributed by atoms with Gasteiger partial charge in [-0.1, -0.05) is 78.8 Å². The maximum atomic E-state index is 14.1. The number of rotatable bonds is 9. The minimum Gasteiger partial charge on any atom is -0.481 e. The number of ketones is 1. The van der Waals surface area contributed by atoms with E-state index in [9.17, 15) is 19.5 Å². The summed E-state index contributed by atoms with van der Waals surface area (Å²) >= 11 is 0. The highest BCUT2D eigenvalue weighted by atomic mass is 16.5. The standard InChI is InChI=1S/C45H62N2O6/c1-27(2)36-30(48)25-45(38-47-46-34(53-38)18-15-28-13-11-10-12-14-28)24-23-43(8)29(37(36)45)16-17-32-42(7)21-20-33(52-35(49)26-40(3,4)39(50)51)41(5,6)31(42)19-22-44(32,43)9/h10-14,27,29,31-33H,15-26H2,1-9H3,(H,50,51)/t29-,31+,32-,33+,42+,43-,44-,45-/m1/s1. The number of hydrogen-bond acceptors (Lipinski definition) is 7. The zero-order valence-corrected chi connectivity index (χ0v) is 33.6. The van der Waals surface area contributed by atoms with Crippen LogP contribution >= 0.6 is 0 Å². The van der Waals surface area contributed by atoms with Crippen LogP contribution in [0.4, 0.5) is 0 Å². The lowest BCUT2D eigenvalue weighted by Crippen LogP contribution is -2.66. The number of carboxylic acids is 1. The van der Waals surface area contributed by atoms with Crippen molar-refractivity contribution in [2.24, 2.45) is 50.7 Å². The molecule has 53 heavy (non-hydrogen) atoms. The number of benzene rings is 1. The van der Waals surface area contributed by atoms with Crippen LogP contribution in [0.25, 0.3) is 0 Å². The first kappa shape index (κ1) is 38.0. The molecule has 0 bridgehead atoms. The second kappa shape index (κ2) is 12.9. The van der Waals surface area contributed by atoms with Crippen molar-refractivity contribution in [3.05, 3.63) is 58.8 Å². The van der Waals surface area contributed by atoms with E-state index in [-0.39, 0.29) is 51.8 Å². The summed E-state index contributed by atoms with van der Waals surface area (Å²) in [5.74, 6) is 1.41. The van der Waals surface area contributed by atoms with E-state index in [1.54, 1.807) is 13.8 Å². The largest absolute Gasteiger partial charge is 0.481 e. The molecule has 4 fully saturated rings. The van der Waals surface area contributed by atoms with Crippen LogP contribution in [0.2, 0.25) is 0 Å². The Morgan fingerprint density at radius 1 is 0.906 bits per heavy atom. The van der Waals surface area contributed by atoms with Crippen LogP contribution in [0.1, 0.15) is 144 Å². The molecule has 1 aromatic heterocycles. The molecule has 8 nitrogen and oxygen atoms in total. The van der Waals surface area contributed by atoms with E-state index in [2.05, 4.69) is 77.8 Å². The summed E-state index contributed by atoms with van der Waals surface area (Å²) in [6.07, 6.45) is 9.49.